The van der Waals surface area contributed by atoms with Crippen LogP contribution in [0.1, 0.15) is 31.9 Å². The summed E-state index contributed by atoms with van der Waals surface area (Å²) < 4.78 is 0. The summed E-state index contributed by atoms with van der Waals surface area (Å²) in [6.45, 7) is 9.89. The van der Waals surface area contributed by atoms with Gasteiger partial charge in [-0.1, -0.05) is 38.6 Å². The van der Waals surface area contributed by atoms with Crippen LogP contribution >= 0.6 is 0 Å². The molecule has 2 rings (SSSR count). The second kappa shape index (κ2) is 5.34. The highest BCUT2D eigenvalue weighted by molar-refractivity contribution is 6.16. The average Bonchev–Trinajstić information content (AvgIpc) is 2.68. The molecule has 0 atom stereocenters. The molecule has 1 amide bonds. The van der Waals surface area contributed by atoms with Gasteiger partial charge in [-0.05, 0) is 36.5 Å². The number of benzene rings is 1. The third-order valence-electron chi connectivity index (χ3n) is 3.80. The van der Waals surface area contributed by atoms with Gasteiger partial charge in [0, 0.05) is 5.70 Å². The van der Waals surface area contributed by atoms with Crippen LogP contribution in [0.2, 0.25) is 0 Å². The molecule has 1 aromatic carbocycles. The fourth-order valence-corrected chi connectivity index (χ4v) is 2.58. The molecule has 0 unspecified atom stereocenters. The number of nitriles is 1. The number of anilines is 1. The van der Waals surface area contributed by atoms with Crippen LogP contribution in [0.5, 0.6) is 0 Å². The molecule has 3 heteroatoms. The highest BCUT2D eigenvalue weighted by Crippen LogP contribution is 2.37. The van der Waals surface area contributed by atoms with Gasteiger partial charge < -0.3 is 0 Å². The maximum Gasteiger partial charge on any atom is 0.273 e. The lowest BCUT2D eigenvalue weighted by molar-refractivity contribution is -0.113. The number of nitrogens with zero attached hydrogens (tertiary/aromatic N) is 2. The van der Waals surface area contributed by atoms with Crippen molar-refractivity contribution in [3.63, 3.8) is 0 Å². The van der Waals surface area contributed by atoms with Gasteiger partial charge in [-0.15, -0.1) is 0 Å². The number of carbonyl (C=O) groups is 1. The van der Waals surface area contributed by atoms with Gasteiger partial charge in [0.25, 0.3) is 5.91 Å². The highest BCUT2D eigenvalue weighted by atomic mass is 16.2. The van der Waals surface area contributed by atoms with Crippen molar-refractivity contribution in [2.75, 3.05) is 4.90 Å². The first-order valence-corrected chi connectivity index (χ1v) is 6.82. The van der Waals surface area contributed by atoms with Crippen molar-refractivity contribution in [1.29, 1.82) is 5.26 Å². The van der Waals surface area contributed by atoms with Gasteiger partial charge in [0.2, 0.25) is 0 Å². The van der Waals surface area contributed by atoms with E-state index in [2.05, 4.69) is 20.4 Å². The molecule has 0 radical (unpaired) electrons. The molecule has 1 aromatic rings. The standard InChI is InChI=1S/C17H18N2O/c1-5-13-8-7-9-14(6-2)16(13)19-12(4)11(3)15(10-18)17(19)20/h7-9H,4-6H2,1-3H3. The van der Waals surface area contributed by atoms with E-state index in [0.717, 1.165) is 29.7 Å². The molecule has 0 saturated carbocycles. The van der Waals surface area contributed by atoms with Crippen LogP contribution in [0.25, 0.3) is 0 Å². The summed E-state index contributed by atoms with van der Waals surface area (Å²) in [7, 11) is 0. The average molecular weight is 266 g/mol. The van der Waals surface area contributed by atoms with Crippen molar-refractivity contribution in [2.24, 2.45) is 0 Å². The minimum Gasteiger partial charge on any atom is -0.276 e. The summed E-state index contributed by atoms with van der Waals surface area (Å²) >= 11 is 0. The lowest BCUT2D eigenvalue weighted by Gasteiger charge is -2.24. The van der Waals surface area contributed by atoms with Gasteiger partial charge in [0.05, 0.1) is 5.69 Å². The number of para-hydroxylation sites is 1. The van der Waals surface area contributed by atoms with Crippen LogP contribution in [-0.4, -0.2) is 5.91 Å². The second-order valence-corrected chi connectivity index (χ2v) is 4.83. The molecule has 3 nitrogen and oxygen atoms in total. The predicted molar refractivity (Wildman–Crippen MR) is 80.1 cm³/mol. The Morgan fingerprint density at radius 2 is 1.80 bits per heavy atom. The first-order valence-electron chi connectivity index (χ1n) is 6.82. The lowest BCUT2D eigenvalue weighted by atomic mass is 10.0. The summed E-state index contributed by atoms with van der Waals surface area (Å²) in [6, 6.07) is 8.05. The van der Waals surface area contributed by atoms with Crippen LogP contribution < -0.4 is 4.90 Å². The fraction of sp³-hybridized carbons (Fsp3) is 0.294. The molecule has 1 aliphatic heterocycles. The SMILES string of the molecule is C=C1C(C)=C(C#N)C(=O)N1c1c(CC)cccc1CC. The van der Waals surface area contributed by atoms with E-state index in [1.807, 2.05) is 24.3 Å². The van der Waals surface area contributed by atoms with Gasteiger partial charge in [0.1, 0.15) is 11.6 Å². The maximum atomic E-state index is 12.5. The van der Waals surface area contributed by atoms with Crippen LogP contribution in [0, 0.1) is 11.3 Å². The molecule has 1 aliphatic rings. The van der Waals surface area contributed by atoms with E-state index in [-0.39, 0.29) is 11.5 Å². The minimum absolute atomic E-state index is 0.197. The number of rotatable bonds is 3. The van der Waals surface area contributed by atoms with Crippen molar-refractivity contribution >= 4 is 11.6 Å². The molecule has 0 fully saturated rings. The van der Waals surface area contributed by atoms with Crippen LogP contribution in [0.3, 0.4) is 0 Å². The highest BCUT2D eigenvalue weighted by Gasteiger charge is 2.34. The van der Waals surface area contributed by atoms with E-state index < -0.39 is 0 Å². The molecular formula is C17H18N2O. The number of allylic oxidation sites excluding steroid dienone is 1. The molecule has 102 valence electrons. The first-order chi connectivity index (χ1) is 9.56. The van der Waals surface area contributed by atoms with Gasteiger partial charge >= 0.3 is 0 Å². The molecular weight excluding hydrogens is 248 g/mol. The lowest BCUT2D eigenvalue weighted by Crippen LogP contribution is -2.27. The summed E-state index contributed by atoms with van der Waals surface area (Å²) in [5, 5.41) is 9.15. The topological polar surface area (TPSA) is 44.1 Å². The molecule has 0 aliphatic carbocycles. The number of aryl methyl sites for hydroxylation is 2. The van der Waals surface area contributed by atoms with Crippen LogP contribution in [-0.2, 0) is 17.6 Å². The van der Waals surface area contributed by atoms with E-state index in [4.69, 9.17) is 5.26 Å². The van der Waals surface area contributed by atoms with Gasteiger partial charge in [-0.25, -0.2) is 0 Å². The third kappa shape index (κ3) is 1.94. The third-order valence-corrected chi connectivity index (χ3v) is 3.80. The summed E-state index contributed by atoms with van der Waals surface area (Å²) in [5.74, 6) is -0.259. The largest absolute Gasteiger partial charge is 0.276 e. The van der Waals surface area contributed by atoms with Gasteiger partial charge in [0.15, 0.2) is 0 Å². The zero-order valence-electron chi connectivity index (χ0n) is 12.2. The molecule has 0 aromatic heterocycles. The normalized spacial score (nSPS) is 15.0. The Morgan fingerprint density at radius 1 is 1.25 bits per heavy atom. The quantitative estimate of drug-likeness (QED) is 0.840. The molecule has 0 spiro atoms. The van der Waals surface area contributed by atoms with Gasteiger partial charge in [-0.3, -0.25) is 9.69 Å². The second-order valence-electron chi connectivity index (χ2n) is 4.83. The molecule has 20 heavy (non-hydrogen) atoms. The zero-order valence-corrected chi connectivity index (χ0v) is 12.2. The summed E-state index contributed by atoms with van der Waals surface area (Å²) in [6.07, 6.45) is 1.67. The number of amides is 1. The Hall–Kier alpha value is -2.34. The smallest absolute Gasteiger partial charge is 0.273 e. The Morgan fingerprint density at radius 3 is 2.20 bits per heavy atom. The number of hydrogen-bond donors (Lipinski definition) is 0. The molecule has 0 saturated heterocycles. The Balaban J connectivity index is 2.63. The van der Waals surface area contributed by atoms with Crippen molar-refractivity contribution in [3.8, 4) is 6.07 Å². The first kappa shape index (κ1) is 14.1. The number of carbonyl (C=O) groups excluding carboxylic acids is 1. The van der Waals surface area contributed by atoms with Crippen molar-refractivity contribution in [1.82, 2.24) is 0 Å². The van der Waals surface area contributed by atoms with Crippen LogP contribution in [0.4, 0.5) is 5.69 Å². The maximum absolute atomic E-state index is 12.5. The number of hydrogen-bond acceptors (Lipinski definition) is 2. The Kier molecular flexibility index (Phi) is 3.76. The summed E-state index contributed by atoms with van der Waals surface area (Å²) in [5.41, 5.74) is 4.59. The minimum atomic E-state index is -0.259. The van der Waals surface area contributed by atoms with E-state index >= 15 is 0 Å². The van der Waals surface area contributed by atoms with E-state index in [9.17, 15) is 4.79 Å². The van der Waals surface area contributed by atoms with E-state index in [1.165, 1.54) is 0 Å². The van der Waals surface area contributed by atoms with Crippen LogP contribution in [0.15, 0.2) is 41.6 Å². The Labute approximate surface area is 119 Å². The van der Waals surface area contributed by atoms with Crippen molar-refractivity contribution in [3.05, 3.63) is 52.7 Å². The Bertz CT molecular complexity index is 640. The van der Waals surface area contributed by atoms with Crippen molar-refractivity contribution in [2.45, 2.75) is 33.6 Å². The van der Waals surface area contributed by atoms with E-state index in [1.54, 1.807) is 11.8 Å². The summed E-state index contributed by atoms with van der Waals surface area (Å²) in [4.78, 5) is 14.1. The zero-order chi connectivity index (χ0) is 14.9. The van der Waals surface area contributed by atoms with E-state index in [0.29, 0.717) is 11.3 Å². The van der Waals surface area contributed by atoms with Gasteiger partial charge in [-0.2, -0.15) is 5.26 Å². The van der Waals surface area contributed by atoms with Crippen molar-refractivity contribution < 1.29 is 4.79 Å². The monoisotopic (exact) mass is 266 g/mol. The molecule has 0 bridgehead atoms. The molecule has 1 heterocycles. The molecule has 0 N–H and O–H groups in total. The fourth-order valence-electron chi connectivity index (χ4n) is 2.58. The predicted octanol–water partition coefficient (Wildman–Crippen LogP) is 3.51.